The first kappa shape index (κ1) is 29.4. The summed E-state index contributed by atoms with van der Waals surface area (Å²) in [6.45, 7) is 4.15. The van der Waals surface area contributed by atoms with Crippen molar-refractivity contribution >= 4 is 43.5 Å². The molecule has 0 aromatic heterocycles. The van der Waals surface area contributed by atoms with E-state index >= 15 is 0 Å². The van der Waals surface area contributed by atoms with Crippen molar-refractivity contribution in [1.29, 1.82) is 0 Å². The van der Waals surface area contributed by atoms with Crippen LogP contribution < -0.4 is 9.62 Å². The molecular formula is C29H34BrN3O4S. The summed E-state index contributed by atoms with van der Waals surface area (Å²) < 4.78 is 27.4. The summed E-state index contributed by atoms with van der Waals surface area (Å²) in [6.07, 6.45) is 2.12. The molecule has 38 heavy (non-hydrogen) atoms. The van der Waals surface area contributed by atoms with Crippen LogP contribution in [0.3, 0.4) is 0 Å². The van der Waals surface area contributed by atoms with Gasteiger partial charge in [-0.3, -0.25) is 13.9 Å². The molecule has 0 unspecified atom stereocenters. The van der Waals surface area contributed by atoms with Crippen molar-refractivity contribution in [3.8, 4) is 0 Å². The number of anilines is 1. The molecule has 3 aromatic carbocycles. The van der Waals surface area contributed by atoms with Gasteiger partial charge in [-0.05, 0) is 48.7 Å². The second-order valence-electron chi connectivity index (χ2n) is 9.25. The van der Waals surface area contributed by atoms with Crippen molar-refractivity contribution in [2.24, 2.45) is 0 Å². The van der Waals surface area contributed by atoms with Crippen LogP contribution in [0.1, 0.15) is 30.0 Å². The predicted molar refractivity (Wildman–Crippen MR) is 155 cm³/mol. The molecule has 3 aromatic rings. The Morgan fingerprint density at radius 2 is 1.55 bits per heavy atom. The van der Waals surface area contributed by atoms with Crippen LogP contribution in [0.15, 0.2) is 83.3 Å². The molecular weight excluding hydrogens is 566 g/mol. The number of carbonyl (C=O) groups is 2. The molecule has 0 spiro atoms. The molecule has 1 N–H and O–H groups in total. The van der Waals surface area contributed by atoms with Gasteiger partial charge in [-0.25, -0.2) is 8.42 Å². The Balaban J connectivity index is 2.02. The molecule has 0 aliphatic carbocycles. The second-order valence-corrected chi connectivity index (χ2v) is 12.1. The lowest BCUT2D eigenvalue weighted by Crippen LogP contribution is -2.53. The van der Waals surface area contributed by atoms with E-state index in [-0.39, 0.29) is 12.5 Å². The SMILES string of the molecule is CCCNC(=O)[C@@H](Cc1ccccc1)N(Cc1ccc(C)cc1)C(=O)CN(c1ccc(Br)cc1)S(C)(=O)=O. The van der Waals surface area contributed by atoms with E-state index in [1.165, 1.54) is 4.90 Å². The first-order chi connectivity index (χ1) is 18.1. The van der Waals surface area contributed by atoms with Crippen LogP contribution in [0, 0.1) is 6.92 Å². The molecule has 1 atom stereocenters. The number of halogens is 1. The zero-order chi connectivity index (χ0) is 27.7. The molecule has 202 valence electrons. The minimum absolute atomic E-state index is 0.161. The molecule has 7 nitrogen and oxygen atoms in total. The van der Waals surface area contributed by atoms with Crippen LogP contribution in [0.5, 0.6) is 0 Å². The van der Waals surface area contributed by atoms with Crippen LogP contribution in [-0.2, 0) is 32.6 Å². The maximum absolute atomic E-state index is 14.0. The Morgan fingerprint density at radius 1 is 0.921 bits per heavy atom. The highest BCUT2D eigenvalue weighted by Gasteiger charge is 2.32. The molecule has 0 fully saturated rings. The predicted octanol–water partition coefficient (Wildman–Crippen LogP) is 4.69. The van der Waals surface area contributed by atoms with E-state index in [0.717, 1.165) is 38.1 Å². The van der Waals surface area contributed by atoms with Crippen molar-refractivity contribution < 1.29 is 18.0 Å². The maximum atomic E-state index is 14.0. The van der Waals surface area contributed by atoms with Gasteiger partial charge in [0.25, 0.3) is 0 Å². The van der Waals surface area contributed by atoms with Crippen LogP contribution >= 0.6 is 15.9 Å². The lowest BCUT2D eigenvalue weighted by atomic mass is 10.0. The monoisotopic (exact) mass is 599 g/mol. The molecule has 2 amide bonds. The lowest BCUT2D eigenvalue weighted by molar-refractivity contribution is -0.140. The minimum atomic E-state index is -3.79. The zero-order valence-corrected chi connectivity index (χ0v) is 24.3. The number of nitrogens with zero attached hydrogens (tertiary/aromatic N) is 2. The Kier molecular flexibility index (Phi) is 10.5. The topological polar surface area (TPSA) is 86.8 Å². The summed E-state index contributed by atoms with van der Waals surface area (Å²) in [7, 11) is -3.79. The van der Waals surface area contributed by atoms with Gasteiger partial charge in [0.1, 0.15) is 12.6 Å². The maximum Gasteiger partial charge on any atom is 0.244 e. The van der Waals surface area contributed by atoms with Gasteiger partial charge in [0, 0.05) is 24.0 Å². The molecule has 0 aliphatic rings. The van der Waals surface area contributed by atoms with Crippen molar-refractivity contribution in [3.63, 3.8) is 0 Å². The Labute approximate surface area is 234 Å². The molecule has 0 radical (unpaired) electrons. The van der Waals surface area contributed by atoms with E-state index in [4.69, 9.17) is 0 Å². The Bertz CT molecular complexity index is 1310. The smallest absolute Gasteiger partial charge is 0.244 e. The normalized spacial score (nSPS) is 12.0. The number of carbonyl (C=O) groups excluding carboxylic acids is 2. The highest BCUT2D eigenvalue weighted by atomic mass is 79.9. The molecule has 3 rings (SSSR count). The van der Waals surface area contributed by atoms with E-state index < -0.39 is 28.5 Å². The number of amides is 2. The van der Waals surface area contributed by atoms with Gasteiger partial charge >= 0.3 is 0 Å². The number of nitrogens with one attached hydrogen (secondary N) is 1. The van der Waals surface area contributed by atoms with E-state index in [2.05, 4.69) is 21.2 Å². The van der Waals surface area contributed by atoms with Gasteiger partial charge in [-0.2, -0.15) is 0 Å². The second kappa shape index (κ2) is 13.6. The fraction of sp³-hybridized carbons (Fsp3) is 0.310. The fourth-order valence-electron chi connectivity index (χ4n) is 4.03. The van der Waals surface area contributed by atoms with Crippen molar-refractivity contribution in [2.75, 3.05) is 23.7 Å². The minimum Gasteiger partial charge on any atom is -0.354 e. The average molecular weight is 601 g/mol. The van der Waals surface area contributed by atoms with Gasteiger partial charge in [0.2, 0.25) is 21.8 Å². The van der Waals surface area contributed by atoms with Crippen molar-refractivity contribution in [1.82, 2.24) is 10.2 Å². The van der Waals surface area contributed by atoms with Gasteiger partial charge < -0.3 is 10.2 Å². The lowest BCUT2D eigenvalue weighted by Gasteiger charge is -2.33. The first-order valence-corrected chi connectivity index (χ1v) is 15.1. The van der Waals surface area contributed by atoms with E-state index in [1.807, 2.05) is 68.4 Å². The third-order valence-electron chi connectivity index (χ3n) is 6.09. The third kappa shape index (κ3) is 8.43. The number of hydrogen-bond donors (Lipinski definition) is 1. The summed E-state index contributed by atoms with van der Waals surface area (Å²) in [5.74, 6) is -0.739. The fourth-order valence-corrected chi connectivity index (χ4v) is 5.15. The summed E-state index contributed by atoms with van der Waals surface area (Å²) >= 11 is 3.36. The molecule has 0 saturated heterocycles. The number of sulfonamides is 1. The molecule has 0 aliphatic heterocycles. The summed E-state index contributed by atoms with van der Waals surface area (Å²) in [5, 5.41) is 2.93. The van der Waals surface area contributed by atoms with Crippen LogP contribution in [0.25, 0.3) is 0 Å². The Morgan fingerprint density at radius 3 is 2.13 bits per heavy atom. The standard InChI is InChI=1S/C29H34BrN3O4S/c1-4-18-31-29(35)27(19-23-8-6-5-7-9-23)32(20-24-12-10-22(2)11-13-24)28(34)21-33(38(3,36)37)26-16-14-25(30)15-17-26/h5-17,27H,4,18-21H2,1-3H3,(H,31,35)/t27-/m1/s1. The number of aryl methyl sites for hydroxylation is 1. The highest BCUT2D eigenvalue weighted by Crippen LogP contribution is 2.22. The van der Waals surface area contributed by atoms with Crippen molar-refractivity contribution in [3.05, 3.63) is 100 Å². The summed E-state index contributed by atoms with van der Waals surface area (Å²) in [4.78, 5) is 28.9. The largest absolute Gasteiger partial charge is 0.354 e. The van der Waals surface area contributed by atoms with Gasteiger partial charge in [-0.1, -0.05) is 83.0 Å². The summed E-state index contributed by atoms with van der Waals surface area (Å²) in [5.41, 5.74) is 3.19. The van der Waals surface area contributed by atoms with Gasteiger partial charge in [0.15, 0.2) is 0 Å². The molecule has 0 bridgehead atoms. The number of hydrogen-bond acceptors (Lipinski definition) is 4. The molecule has 0 saturated carbocycles. The molecule has 9 heteroatoms. The molecule has 0 heterocycles. The van der Waals surface area contributed by atoms with Crippen LogP contribution in [0.2, 0.25) is 0 Å². The van der Waals surface area contributed by atoms with Crippen molar-refractivity contribution in [2.45, 2.75) is 39.3 Å². The number of benzene rings is 3. The average Bonchev–Trinajstić information content (AvgIpc) is 2.89. The van der Waals surface area contributed by atoms with Gasteiger partial charge in [0.05, 0.1) is 11.9 Å². The Hall–Kier alpha value is -3.17. The van der Waals surface area contributed by atoms with E-state index in [0.29, 0.717) is 18.7 Å². The quantitative estimate of drug-likeness (QED) is 0.327. The first-order valence-electron chi connectivity index (χ1n) is 12.5. The zero-order valence-electron chi connectivity index (χ0n) is 21.9. The van der Waals surface area contributed by atoms with Gasteiger partial charge in [-0.15, -0.1) is 0 Å². The van der Waals surface area contributed by atoms with Crippen LogP contribution in [-0.4, -0.2) is 50.5 Å². The third-order valence-corrected chi connectivity index (χ3v) is 7.76. The van der Waals surface area contributed by atoms with Crippen LogP contribution in [0.4, 0.5) is 5.69 Å². The summed E-state index contributed by atoms with van der Waals surface area (Å²) in [6, 6.07) is 23.1. The number of rotatable bonds is 12. The highest BCUT2D eigenvalue weighted by molar-refractivity contribution is 9.10. The van der Waals surface area contributed by atoms with E-state index in [1.54, 1.807) is 24.3 Å². The van der Waals surface area contributed by atoms with E-state index in [9.17, 15) is 18.0 Å².